The zero-order valence-corrected chi connectivity index (χ0v) is 18.6. The lowest BCUT2D eigenvalue weighted by molar-refractivity contribution is -0.153. The number of hydrogen-bond acceptors (Lipinski definition) is 7. The van der Waals surface area contributed by atoms with E-state index in [1.807, 2.05) is 47.6 Å². The van der Waals surface area contributed by atoms with Gasteiger partial charge in [-0.3, -0.25) is 14.5 Å². The molecule has 2 amide bonds. The lowest BCUT2D eigenvalue weighted by atomic mass is 9.82. The molecule has 2 saturated heterocycles. The second-order valence-electron chi connectivity index (χ2n) is 9.67. The molecule has 0 aromatic carbocycles. The maximum atomic E-state index is 12.5. The summed E-state index contributed by atoms with van der Waals surface area (Å²) in [6, 6.07) is 1.91. The van der Waals surface area contributed by atoms with Crippen LogP contribution in [0.4, 0.5) is 0 Å². The molecule has 154 valence electrons. The third kappa shape index (κ3) is 3.60. The average Bonchev–Trinajstić information content (AvgIpc) is 3.07. The fourth-order valence-corrected chi connectivity index (χ4v) is 4.76. The predicted molar refractivity (Wildman–Crippen MR) is 112 cm³/mol. The Kier molecular flexibility index (Phi) is 4.64. The van der Waals surface area contributed by atoms with E-state index >= 15 is 0 Å². The molecule has 2 aromatic heterocycles. The lowest BCUT2D eigenvalue weighted by Crippen LogP contribution is -2.45. The average molecular weight is 415 g/mol. The molecule has 0 unspecified atom stereocenters. The van der Waals surface area contributed by atoms with Gasteiger partial charge in [-0.2, -0.15) is 0 Å². The van der Waals surface area contributed by atoms with Gasteiger partial charge in [0.05, 0.1) is 33.6 Å². The Morgan fingerprint density at radius 3 is 2.21 bits per heavy atom. The Bertz CT molecular complexity index is 965. The van der Waals surface area contributed by atoms with Gasteiger partial charge in [-0.05, 0) is 39.2 Å². The van der Waals surface area contributed by atoms with E-state index in [0.29, 0.717) is 18.4 Å². The molecule has 0 N–H and O–H groups in total. The van der Waals surface area contributed by atoms with E-state index in [0.717, 1.165) is 15.1 Å². The summed E-state index contributed by atoms with van der Waals surface area (Å²) in [5.41, 5.74) is 0.243. The highest BCUT2D eigenvalue weighted by Crippen LogP contribution is 2.38. The number of nitrogens with zero attached hydrogens (tertiary/aromatic N) is 3. The van der Waals surface area contributed by atoms with Gasteiger partial charge in [-0.15, -0.1) is 11.3 Å². The van der Waals surface area contributed by atoms with Crippen LogP contribution >= 0.6 is 11.3 Å². The quantitative estimate of drug-likeness (QED) is 0.567. The Labute approximate surface area is 174 Å². The summed E-state index contributed by atoms with van der Waals surface area (Å²) < 4.78 is 13.2. The van der Waals surface area contributed by atoms with Gasteiger partial charge in [0.25, 0.3) is 0 Å². The molecule has 0 atom stereocenters. The summed E-state index contributed by atoms with van der Waals surface area (Å²) >= 11 is 1.48. The SMILES string of the molecule is CC1(C)CC(=O)N(Cc2cc3ncnc(B4OC(C)(C)C(C)(C)O4)c3s2)C(=O)C1. The lowest BCUT2D eigenvalue weighted by Gasteiger charge is -2.34. The monoisotopic (exact) mass is 415 g/mol. The number of hydrogen-bond donors (Lipinski definition) is 0. The van der Waals surface area contributed by atoms with Crippen molar-refractivity contribution in [1.29, 1.82) is 0 Å². The van der Waals surface area contributed by atoms with Crippen LogP contribution in [-0.2, 0) is 25.4 Å². The van der Waals surface area contributed by atoms with Gasteiger partial charge >= 0.3 is 7.12 Å². The molecule has 0 radical (unpaired) electrons. The van der Waals surface area contributed by atoms with E-state index in [2.05, 4.69) is 9.97 Å². The Hall–Kier alpha value is -1.84. The molecule has 9 heteroatoms. The number of likely N-dealkylation sites (tertiary alicyclic amines) is 1. The topological polar surface area (TPSA) is 81.6 Å². The van der Waals surface area contributed by atoms with Crippen LogP contribution < -0.4 is 5.59 Å². The first-order valence-electron chi connectivity index (χ1n) is 9.81. The zero-order chi connectivity index (χ0) is 21.2. The fourth-order valence-electron chi connectivity index (χ4n) is 3.67. The molecule has 2 aliphatic heterocycles. The number of piperidine rings is 1. The molecule has 2 aliphatic rings. The second kappa shape index (κ2) is 6.58. The first kappa shape index (κ1) is 20.4. The number of thiophene rings is 1. The number of rotatable bonds is 3. The van der Waals surface area contributed by atoms with Crippen molar-refractivity contribution < 1.29 is 18.9 Å². The maximum Gasteiger partial charge on any atom is 0.516 e. The minimum absolute atomic E-state index is 0.124. The molecular weight excluding hydrogens is 389 g/mol. The first-order valence-corrected chi connectivity index (χ1v) is 10.6. The van der Waals surface area contributed by atoms with E-state index in [9.17, 15) is 9.59 Å². The summed E-state index contributed by atoms with van der Waals surface area (Å²) in [6.07, 6.45) is 2.25. The summed E-state index contributed by atoms with van der Waals surface area (Å²) in [4.78, 5) is 36.0. The standard InChI is InChI=1S/C20H26BN3O4S/c1-18(2)8-14(25)24(15(26)9-18)10-12-7-13-16(29-12)17(23-11-22-13)21-27-19(3,4)20(5,6)28-21/h7,11H,8-10H2,1-6H3. The van der Waals surface area contributed by atoms with E-state index < -0.39 is 18.3 Å². The summed E-state index contributed by atoms with van der Waals surface area (Å²) in [5.74, 6) is -0.248. The van der Waals surface area contributed by atoms with Crippen molar-refractivity contribution in [2.45, 2.75) is 72.1 Å². The van der Waals surface area contributed by atoms with E-state index in [1.54, 1.807) is 0 Å². The van der Waals surface area contributed by atoms with Crippen molar-refractivity contribution in [3.63, 3.8) is 0 Å². The normalized spacial score (nSPS) is 23.2. The van der Waals surface area contributed by atoms with Gasteiger partial charge in [0, 0.05) is 17.7 Å². The van der Waals surface area contributed by atoms with Crippen LogP contribution in [0.2, 0.25) is 0 Å². The molecule has 29 heavy (non-hydrogen) atoms. The largest absolute Gasteiger partial charge is 0.516 e. The first-order chi connectivity index (χ1) is 13.4. The van der Waals surface area contributed by atoms with Gasteiger partial charge < -0.3 is 9.31 Å². The molecule has 0 saturated carbocycles. The van der Waals surface area contributed by atoms with E-state index in [1.165, 1.54) is 22.6 Å². The van der Waals surface area contributed by atoms with Crippen LogP contribution in [0.25, 0.3) is 10.2 Å². The van der Waals surface area contributed by atoms with Crippen LogP contribution in [0.5, 0.6) is 0 Å². The van der Waals surface area contributed by atoms with Crippen LogP contribution in [0.3, 0.4) is 0 Å². The summed E-state index contributed by atoms with van der Waals surface area (Å²) in [5, 5.41) is 0. The summed E-state index contributed by atoms with van der Waals surface area (Å²) in [6.45, 7) is 12.2. The number of carbonyl (C=O) groups is 2. The second-order valence-corrected chi connectivity index (χ2v) is 10.8. The Balaban J connectivity index is 1.62. The fraction of sp³-hybridized carbons (Fsp3) is 0.600. The number of amides is 2. The molecule has 0 aliphatic carbocycles. The third-order valence-electron chi connectivity index (χ3n) is 6.04. The number of carbonyl (C=O) groups excluding carboxylic acids is 2. The third-order valence-corrected chi connectivity index (χ3v) is 7.17. The Morgan fingerprint density at radius 1 is 1.03 bits per heavy atom. The molecule has 0 spiro atoms. The highest BCUT2D eigenvalue weighted by molar-refractivity contribution is 7.20. The van der Waals surface area contributed by atoms with Crippen molar-refractivity contribution in [1.82, 2.24) is 14.9 Å². The summed E-state index contributed by atoms with van der Waals surface area (Å²) in [7, 11) is -0.587. The molecule has 2 aromatic rings. The van der Waals surface area contributed by atoms with Crippen molar-refractivity contribution in [2.75, 3.05) is 0 Å². The van der Waals surface area contributed by atoms with Crippen LogP contribution in [0.15, 0.2) is 12.4 Å². The van der Waals surface area contributed by atoms with Gasteiger partial charge in [-0.1, -0.05) is 13.8 Å². The van der Waals surface area contributed by atoms with Crippen molar-refractivity contribution in [3.05, 3.63) is 17.3 Å². The van der Waals surface area contributed by atoms with Crippen LogP contribution in [0, 0.1) is 5.41 Å². The molecular formula is C20H26BN3O4S. The molecule has 0 bridgehead atoms. The number of aromatic nitrogens is 2. The minimum Gasteiger partial charge on any atom is -0.398 e. The number of fused-ring (bicyclic) bond motifs is 1. The molecule has 7 nitrogen and oxygen atoms in total. The van der Waals surface area contributed by atoms with Crippen molar-refractivity contribution in [2.24, 2.45) is 5.41 Å². The van der Waals surface area contributed by atoms with Gasteiger partial charge in [0.15, 0.2) is 0 Å². The Morgan fingerprint density at radius 2 is 1.62 bits per heavy atom. The van der Waals surface area contributed by atoms with Crippen molar-refractivity contribution >= 4 is 46.1 Å². The molecule has 4 rings (SSSR count). The van der Waals surface area contributed by atoms with Gasteiger partial charge in [-0.25, -0.2) is 9.97 Å². The van der Waals surface area contributed by atoms with Gasteiger partial charge in [0.2, 0.25) is 11.8 Å². The smallest absolute Gasteiger partial charge is 0.398 e. The molecule has 4 heterocycles. The number of imide groups is 1. The van der Waals surface area contributed by atoms with Crippen LogP contribution in [0.1, 0.15) is 59.3 Å². The van der Waals surface area contributed by atoms with Crippen LogP contribution in [-0.4, -0.2) is 45.0 Å². The minimum atomic E-state index is -0.587. The predicted octanol–water partition coefficient (Wildman–Crippen LogP) is 2.67. The highest BCUT2D eigenvalue weighted by atomic mass is 32.1. The molecule has 2 fully saturated rings. The zero-order valence-electron chi connectivity index (χ0n) is 17.7. The van der Waals surface area contributed by atoms with Crippen molar-refractivity contribution in [3.8, 4) is 0 Å². The van der Waals surface area contributed by atoms with Gasteiger partial charge in [0.1, 0.15) is 6.33 Å². The van der Waals surface area contributed by atoms with E-state index in [-0.39, 0.29) is 23.8 Å². The maximum absolute atomic E-state index is 12.5. The highest BCUT2D eigenvalue weighted by Gasteiger charge is 2.53. The van der Waals surface area contributed by atoms with E-state index in [4.69, 9.17) is 9.31 Å².